The first-order valence-electron chi connectivity index (χ1n) is 10.1. The summed E-state index contributed by atoms with van der Waals surface area (Å²) in [5, 5.41) is 0. The lowest BCUT2D eigenvalue weighted by atomic mass is 10.0. The third kappa shape index (κ3) is 5.95. The first kappa shape index (κ1) is 22.1. The molecule has 3 rings (SSSR count). The topological polar surface area (TPSA) is 58.6 Å². The molecule has 1 aromatic carbocycles. The van der Waals surface area contributed by atoms with Crippen molar-refractivity contribution in [1.29, 1.82) is 0 Å². The van der Waals surface area contributed by atoms with Crippen molar-refractivity contribution >= 4 is 5.91 Å². The van der Waals surface area contributed by atoms with Crippen LogP contribution in [0.25, 0.3) is 0 Å². The molecule has 1 aromatic heterocycles. The Balaban J connectivity index is 1.44. The van der Waals surface area contributed by atoms with Gasteiger partial charge in [0.2, 0.25) is 0 Å². The van der Waals surface area contributed by atoms with Crippen LogP contribution in [0, 0.1) is 13.8 Å². The molecular weight excluding hydrogens is 390 g/mol. The molecule has 1 aliphatic heterocycles. The number of ether oxygens (including phenoxy) is 1. The molecule has 1 amide bonds. The van der Waals surface area contributed by atoms with Crippen molar-refractivity contribution in [3.05, 3.63) is 52.8 Å². The van der Waals surface area contributed by atoms with Crippen LogP contribution < -0.4 is 4.74 Å². The van der Waals surface area contributed by atoms with Crippen LogP contribution in [-0.2, 0) is 11.3 Å². The quantitative estimate of drug-likeness (QED) is 0.689. The van der Waals surface area contributed by atoms with Crippen LogP contribution in [-0.4, -0.2) is 58.5 Å². The summed E-state index contributed by atoms with van der Waals surface area (Å²) in [5.41, 5.74) is 2.67. The highest BCUT2D eigenvalue weighted by Gasteiger charge is 2.25. The highest BCUT2D eigenvalue weighted by atomic mass is 19.3. The van der Waals surface area contributed by atoms with E-state index >= 15 is 0 Å². The SMILES string of the molecule is Cc1cc(C)nc(OCC(=O)N(C)C2CCN(Cc3ccc(C(F)F)cc3)CC2)n1. The number of hydrogen-bond donors (Lipinski definition) is 0. The molecule has 0 radical (unpaired) electrons. The van der Waals surface area contributed by atoms with Crippen LogP contribution in [0.2, 0.25) is 0 Å². The number of nitrogens with zero attached hydrogens (tertiary/aromatic N) is 4. The third-order valence-corrected chi connectivity index (χ3v) is 5.42. The molecule has 1 saturated heterocycles. The monoisotopic (exact) mass is 418 g/mol. The first-order chi connectivity index (χ1) is 14.3. The van der Waals surface area contributed by atoms with E-state index in [4.69, 9.17) is 4.74 Å². The Hall–Kier alpha value is -2.61. The number of piperidine rings is 1. The Labute approximate surface area is 175 Å². The Morgan fingerprint density at radius 1 is 1.17 bits per heavy atom. The fraction of sp³-hybridized carbons (Fsp3) is 0.500. The largest absolute Gasteiger partial charge is 0.453 e. The van der Waals surface area contributed by atoms with Crippen molar-refractivity contribution in [2.45, 2.75) is 45.7 Å². The second kappa shape index (κ2) is 9.93. The maximum atomic E-state index is 12.7. The normalized spacial score (nSPS) is 15.4. The first-order valence-corrected chi connectivity index (χ1v) is 10.1. The van der Waals surface area contributed by atoms with Gasteiger partial charge in [0.1, 0.15) is 0 Å². The van der Waals surface area contributed by atoms with Crippen molar-refractivity contribution in [2.24, 2.45) is 0 Å². The van der Waals surface area contributed by atoms with Gasteiger partial charge in [0, 0.05) is 49.7 Å². The molecule has 2 aromatic rings. The Bertz CT molecular complexity index is 832. The van der Waals surface area contributed by atoms with E-state index in [0.29, 0.717) is 0 Å². The molecule has 0 atom stereocenters. The lowest BCUT2D eigenvalue weighted by Gasteiger charge is -2.36. The number of halogens is 2. The number of likely N-dealkylation sites (tertiary alicyclic amines) is 1. The van der Waals surface area contributed by atoms with Gasteiger partial charge in [0.15, 0.2) is 6.61 Å². The molecule has 162 valence electrons. The number of aromatic nitrogens is 2. The van der Waals surface area contributed by atoms with Gasteiger partial charge in [0.25, 0.3) is 12.3 Å². The number of carbonyl (C=O) groups is 1. The highest BCUT2D eigenvalue weighted by Crippen LogP contribution is 2.21. The molecule has 30 heavy (non-hydrogen) atoms. The molecule has 8 heteroatoms. The van der Waals surface area contributed by atoms with Gasteiger partial charge in [-0.2, -0.15) is 0 Å². The van der Waals surface area contributed by atoms with E-state index in [1.54, 1.807) is 24.1 Å². The molecule has 0 N–H and O–H groups in total. The molecule has 0 bridgehead atoms. The van der Waals surface area contributed by atoms with Gasteiger partial charge in [-0.1, -0.05) is 24.3 Å². The lowest BCUT2D eigenvalue weighted by Crippen LogP contribution is -2.46. The van der Waals surface area contributed by atoms with Gasteiger partial charge in [0.05, 0.1) is 0 Å². The average Bonchev–Trinajstić information content (AvgIpc) is 2.72. The van der Waals surface area contributed by atoms with E-state index in [0.717, 1.165) is 49.4 Å². The summed E-state index contributed by atoms with van der Waals surface area (Å²) in [4.78, 5) is 24.9. The maximum absolute atomic E-state index is 12.7. The van der Waals surface area contributed by atoms with Gasteiger partial charge < -0.3 is 9.64 Å². The lowest BCUT2D eigenvalue weighted by molar-refractivity contribution is -0.135. The zero-order valence-corrected chi connectivity index (χ0v) is 17.6. The minimum atomic E-state index is -2.44. The number of likely N-dealkylation sites (N-methyl/N-ethyl adjacent to an activating group) is 1. The molecule has 0 saturated carbocycles. The Kier molecular flexibility index (Phi) is 7.31. The van der Waals surface area contributed by atoms with Gasteiger partial charge in [-0.05, 0) is 38.3 Å². The Morgan fingerprint density at radius 2 is 1.77 bits per heavy atom. The van der Waals surface area contributed by atoms with E-state index in [-0.39, 0.29) is 30.1 Å². The predicted molar refractivity (Wildman–Crippen MR) is 109 cm³/mol. The average molecular weight is 418 g/mol. The summed E-state index contributed by atoms with van der Waals surface area (Å²) in [6, 6.07) is 8.71. The molecule has 0 spiro atoms. The van der Waals surface area contributed by atoms with E-state index in [9.17, 15) is 13.6 Å². The summed E-state index contributed by atoms with van der Waals surface area (Å²) < 4.78 is 30.8. The number of aryl methyl sites for hydroxylation is 2. The summed E-state index contributed by atoms with van der Waals surface area (Å²) >= 11 is 0. The minimum Gasteiger partial charge on any atom is -0.453 e. The number of hydrogen-bond acceptors (Lipinski definition) is 5. The van der Waals surface area contributed by atoms with Gasteiger partial charge in [-0.3, -0.25) is 9.69 Å². The molecule has 0 unspecified atom stereocenters. The summed E-state index contributed by atoms with van der Waals surface area (Å²) in [5.74, 6) is -0.0983. The van der Waals surface area contributed by atoms with Gasteiger partial charge >= 0.3 is 6.01 Å². The van der Waals surface area contributed by atoms with Crippen molar-refractivity contribution in [3.8, 4) is 6.01 Å². The predicted octanol–water partition coefficient (Wildman–Crippen LogP) is 3.53. The van der Waals surface area contributed by atoms with Crippen molar-refractivity contribution in [2.75, 3.05) is 26.7 Å². The van der Waals surface area contributed by atoms with Gasteiger partial charge in [-0.25, -0.2) is 18.7 Å². The molecule has 0 aliphatic carbocycles. The number of alkyl halides is 2. The third-order valence-electron chi connectivity index (χ3n) is 5.42. The second-order valence-electron chi connectivity index (χ2n) is 7.78. The van der Waals surface area contributed by atoms with Crippen molar-refractivity contribution in [3.63, 3.8) is 0 Å². The van der Waals surface area contributed by atoms with E-state index in [1.165, 1.54) is 12.1 Å². The number of carbonyl (C=O) groups excluding carboxylic acids is 1. The van der Waals surface area contributed by atoms with Crippen LogP contribution in [0.5, 0.6) is 6.01 Å². The van der Waals surface area contributed by atoms with Gasteiger partial charge in [-0.15, -0.1) is 0 Å². The zero-order chi connectivity index (χ0) is 21.7. The maximum Gasteiger partial charge on any atom is 0.317 e. The number of amides is 1. The Morgan fingerprint density at radius 3 is 2.33 bits per heavy atom. The van der Waals surface area contributed by atoms with Crippen LogP contribution >= 0.6 is 0 Å². The number of benzene rings is 1. The van der Waals surface area contributed by atoms with E-state index < -0.39 is 6.43 Å². The van der Waals surface area contributed by atoms with Crippen molar-refractivity contribution in [1.82, 2.24) is 19.8 Å². The number of rotatable bonds is 7. The zero-order valence-electron chi connectivity index (χ0n) is 17.6. The van der Waals surface area contributed by atoms with Crippen LogP contribution in [0.3, 0.4) is 0 Å². The van der Waals surface area contributed by atoms with Crippen molar-refractivity contribution < 1.29 is 18.3 Å². The van der Waals surface area contributed by atoms with Crippen LogP contribution in [0.15, 0.2) is 30.3 Å². The highest BCUT2D eigenvalue weighted by molar-refractivity contribution is 5.77. The molecule has 2 heterocycles. The minimum absolute atomic E-state index is 0.0473. The summed E-state index contributed by atoms with van der Waals surface area (Å²) in [7, 11) is 1.80. The van der Waals surface area contributed by atoms with Crippen LogP contribution in [0.1, 0.15) is 41.8 Å². The fourth-order valence-corrected chi connectivity index (χ4v) is 3.68. The molecular formula is C22H28F2N4O2. The van der Waals surface area contributed by atoms with E-state index in [2.05, 4.69) is 14.9 Å². The van der Waals surface area contributed by atoms with Crippen LogP contribution in [0.4, 0.5) is 8.78 Å². The van der Waals surface area contributed by atoms with E-state index in [1.807, 2.05) is 19.9 Å². The molecule has 6 nitrogen and oxygen atoms in total. The second-order valence-corrected chi connectivity index (χ2v) is 7.78. The summed E-state index contributed by atoms with van der Waals surface area (Å²) in [6.45, 7) is 6.05. The summed E-state index contributed by atoms with van der Waals surface area (Å²) in [6.07, 6.45) is -0.720. The molecule has 1 aliphatic rings. The smallest absolute Gasteiger partial charge is 0.317 e. The standard InChI is InChI=1S/C22H28F2N4O2/c1-15-12-16(2)26-22(25-15)30-14-20(29)27(3)19-8-10-28(11-9-19)13-17-4-6-18(7-5-17)21(23)24/h4-7,12,19,21H,8-11,13-14H2,1-3H3. The fourth-order valence-electron chi connectivity index (χ4n) is 3.68. The molecule has 1 fully saturated rings.